The Kier molecular flexibility index (Phi) is 2.48. The van der Waals surface area contributed by atoms with Gasteiger partial charge in [0.05, 0.1) is 25.1 Å². The van der Waals surface area contributed by atoms with E-state index in [1.807, 2.05) is 0 Å². The zero-order valence-electron chi connectivity index (χ0n) is 6.12. The van der Waals surface area contributed by atoms with Crippen molar-refractivity contribution < 1.29 is 13.3 Å². The summed E-state index contributed by atoms with van der Waals surface area (Å²) < 4.78 is 23.5. The van der Waals surface area contributed by atoms with Crippen LogP contribution in [0.2, 0.25) is 0 Å². The third-order valence-electron chi connectivity index (χ3n) is 1.14. The van der Waals surface area contributed by atoms with Gasteiger partial charge in [-0.05, 0) is 6.08 Å². The summed E-state index contributed by atoms with van der Waals surface area (Å²) in [4.78, 5) is 4.74. The number of hydrogen-bond donors (Lipinski definition) is 2. The lowest BCUT2D eigenvalue weighted by Crippen LogP contribution is -2.27. The lowest BCUT2D eigenvalue weighted by molar-refractivity contribution is 0.108. The van der Waals surface area contributed by atoms with Crippen LogP contribution in [0.4, 0.5) is 0 Å². The van der Waals surface area contributed by atoms with Gasteiger partial charge >= 0.3 is 0 Å². The molecule has 0 unspecified atom stereocenters. The second-order valence-corrected chi connectivity index (χ2v) is 4.07. The summed E-state index contributed by atoms with van der Waals surface area (Å²) in [6.45, 7) is 0.750. The minimum absolute atomic E-state index is 0.263. The summed E-state index contributed by atoms with van der Waals surface area (Å²) in [5.41, 5.74) is 3.31. The summed E-state index contributed by atoms with van der Waals surface area (Å²) in [6, 6.07) is 0. The van der Waals surface area contributed by atoms with Gasteiger partial charge < -0.3 is 0 Å². The number of nitrogens with one attached hydrogen (secondary N) is 2. The fraction of sp³-hybridized carbons (Fsp3) is 0.600. The number of hydrogen-bond acceptors (Lipinski definition) is 4. The maximum atomic E-state index is 10.6. The van der Waals surface area contributed by atoms with Crippen LogP contribution >= 0.6 is 0 Å². The Morgan fingerprint density at radius 3 is 3.00 bits per heavy atom. The van der Waals surface area contributed by atoms with Gasteiger partial charge in [-0.2, -0.15) is 0 Å². The van der Waals surface area contributed by atoms with Crippen LogP contribution in [0.1, 0.15) is 0 Å². The smallest absolute Gasteiger partial charge is 0.209 e. The van der Waals surface area contributed by atoms with Crippen LogP contribution in [0.25, 0.3) is 0 Å². The lowest BCUT2D eigenvalue weighted by Gasteiger charge is -2.02. The molecular weight excluding hydrogens is 168 g/mol. The predicted octanol–water partition coefficient (Wildman–Crippen LogP) is -1.05. The van der Waals surface area contributed by atoms with Crippen LogP contribution in [0, 0.1) is 0 Å². The minimum Gasteiger partial charge on any atom is -0.272 e. The first kappa shape index (κ1) is 8.51. The fourth-order valence-electron chi connectivity index (χ4n) is 0.635. The molecule has 11 heavy (non-hydrogen) atoms. The second-order valence-electron chi connectivity index (χ2n) is 2.24. The summed E-state index contributed by atoms with van der Waals surface area (Å²) in [5, 5.41) is 0. The normalized spacial score (nSPS) is 17.7. The largest absolute Gasteiger partial charge is 0.272 e. The van der Waals surface area contributed by atoms with Crippen LogP contribution in [0.5, 0.6) is 0 Å². The molecule has 0 aromatic heterocycles. The molecular formula is C5H10N2O3S. The molecule has 2 N–H and O–H groups in total. The number of sulfonamides is 1. The Labute approximate surface area is 65.4 Å². The van der Waals surface area contributed by atoms with Crippen molar-refractivity contribution in [3.05, 3.63) is 11.8 Å². The third kappa shape index (κ3) is 3.35. The van der Waals surface area contributed by atoms with Crippen LogP contribution in [-0.2, 0) is 14.9 Å². The molecule has 5 nitrogen and oxygen atoms in total. The van der Waals surface area contributed by atoms with Gasteiger partial charge in [-0.1, -0.05) is 0 Å². The van der Waals surface area contributed by atoms with Crippen molar-refractivity contribution in [2.75, 3.05) is 19.4 Å². The maximum Gasteiger partial charge on any atom is 0.209 e. The van der Waals surface area contributed by atoms with E-state index in [1.165, 1.54) is 0 Å². The summed E-state index contributed by atoms with van der Waals surface area (Å²) in [6.07, 6.45) is 2.89. The Morgan fingerprint density at radius 1 is 1.82 bits per heavy atom. The molecule has 0 amide bonds. The molecule has 1 rings (SSSR count). The zero-order chi connectivity index (χ0) is 8.32. The second kappa shape index (κ2) is 3.21. The van der Waals surface area contributed by atoms with Crippen LogP contribution in [0.3, 0.4) is 0 Å². The summed E-state index contributed by atoms with van der Waals surface area (Å²) in [7, 11) is -3.10. The van der Waals surface area contributed by atoms with E-state index in [2.05, 4.69) is 10.2 Å². The van der Waals surface area contributed by atoms with Crippen molar-refractivity contribution >= 4 is 10.0 Å². The molecule has 0 atom stereocenters. The summed E-state index contributed by atoms with van der Waals surface area (Å²) in [5.74, 6) is 0. The molecule has 0 aromatic rings. The molecule has 1 heterocycles. The van der Waals surface area contributed by atoms with E-state index >= 15 is 0 Å². The lowest BCUT2D eigenvalue weighted by atomic mass is 10.4. The predicted molar refractivity (Wildman–Crippen MR) is 40.0 cm³/mol. The van der Waals surface area contributed by atoms with Crippen LogP contribution < -0.4 is 10.2 Å². The van der Waals surface area contributed by atoms with E-state index in [4.69, 9.17) is 4.84 Å². The first-order chi connectivity index (χ1) is 5.08. The van der Waals surface area contributed by atoms with E-state index in [-0.39, 0.29) is 6.54 Å². The average molecular weight is 178 g/mol. The van der Waals surface area contributed by atoms with Gasteiger partial charge in [0.2, 0.25) is 10.0 Å². The Bertz CT molecular complexity index is 257. The SMILES string of the molecule is CS(=O)(=O)NCC1=CCON1. The van der Waals surface area contributed by atoms with Crippen molar-refractivity contribution in [3.63, 3.8) is 0 Å². The van der Waals surface area contributed by atoms with E-state index in [9.17, 15) is 8.42 Å². The van der Waals surface area contributed by atoms with Gasteiger partial charge in [0.25, 0.3) is 0 Å². The van der Waals surface area contributed by atoms with Gasteiger partial charge in [0.15, 0.2) is 0 Å². The van der Waals surface area contributed by atoms with Crippen LogP contribution in [-0.4, -0.2) is 27.8 Å². The first-order valence-electron chi connectivity index (χ1n) is 3.09. The molecule has 64 valence electrons. The van der Waals surface area contributed by atoms with Gasteiger partial charge in [-0.3, -0.25) is 10.3 Å². The molecule has 0 bridgehead atoms. The van der Waals surface area contributed by atoms with Crippen LogP contribution in [0.15, 0.2) is 11.8 Å². The van der Waals surface area contributed by atoms with Crippen molar-refractivity contribution in [1.82, 2.24) is 10.2 Å². The molecule has 0 radical (unpaired) electrons. The van der Waals surface area contributed by atoms with Gasteiger partial charge in [-0.15, -0.1) is 0 Å². The molecule has 0 aliphatic carbocycles. The third-order valence-corrected chi connectivity index (χ3v) is 1.81. The van der Waals surface area contributed by atoms with Crippen molar-refractivity contribution in [2.45, 2.75) is 0 Å². The minimum atomic E-state index is -3.10. The number of hydroxylamine groups is 1. The highest BCUT2D eigenvalue weighted by Crippen LogP contribution is 1.95. The molecule has 0 fully saturated rings. The van der Waals surface area contributed by atoms with Gasteiger partial charge in [0, 0.05) is 0 Å². The van der Waals surface area contributed by atoms with Crippen molar-refractivity contribution in [3.8, 4) is 0 Å². The Balaban J connectivity index is 2.33. The topological polar surface area (TPSA) is 67.4 Å². The van der Waals surface area contributed by atoms with E-state index in [1.54, 1.807) is 6.08 Å². The van der Waals surface area contributed by atoms with Crippen molar-refractivity contribution in [1.29, 1.82) is 0 Å². The quantitative estimate of drug-likeness (QED) is 0.579. The van der Waals surface area contributed by atoms with Gasteiger partial charge in [0.1, 0.15) is 0 Å². The molecule has 0 saturated heterocycles. The number of rotatable bonds is 3. The maximum absolute atomic E-state index is 10.6. The Hall–Kier alpha value is -0.590. The molecule has 1 aliphatic heterocycles. The standard InChI is InChI=1S/C5H10N2O3S/c1-11(8,9)6-4-5-2-3-10-7-5/h2,6-7H,3-4H2,1H3. The molecule has 1 aliphatic rings. The zero-order valence-corrected chi connectivity index (χ0v) is 6.94. The molecule has 0 aromatic carbocycles. The highest BCUT2D eigenvalue weighted by molar-refractivity contribution is 7.88. The molecule has 0 spiro atoms. The highest BCUT2D eigenvalue weighted by atomic mass is 32.2. The van der Waals surface area contributed by atoms with Gasteiger partial charge in [-0.25, -0.2) is 13.1 Å². The first-order valence-corrected chi connectivity index (χ1v) is 4.98. The fourth-order valence-corrected chi connectivity index (χ4v) is 1.05. The van der Waals surface area contributed by atoms with E-state index < -0.39 is 10.0 Å². The average Bonchev–Trinajstić information content (AvgIpc) is 2.32. The molecule has 6 heteroatoms. The van der Waals surface area contributed by atoms with E-state index in [0.29, 0.717) is 6.61 Å². The monoisotopic (exact) mass is 178 g/mol. The van der Waals surface area contributed by atoms with E-state index in [0.717, 1.165) is 12.0 Å². The summed E-state index contributed by atoms with van der Waals surface area (Å²) >= 11 is 0. The highest BCUT2D eigenvalue weighted by Gasteiger charge is 2.06. The molecule has 0 saturated carbocycles. The Morgan fingerprint density at radius 2 is 2.55 bits per heavy atom. The van der Waals surface area contributed by atoms with Crippen molar-refractivity contribution in [2.24, 2.45) is 0 Å².